The highest BCUT2D eigenvalue weighted by Crippen LogP contribution is 2.23. The first-order valence-electron chi connectivity index (χ1n) is 8.90. The summed E-state index contributed by atoms with van der Waals surface area (Å²) in [5.41, 5.74) is 2.65. The summed E-state index contributed by atoms with van der Waals surface area (Å²) < 4.78 is 5.19. The molecule has 5 heteroatoms. The van der Waals surface area contributed by atoms with Gasteiger partial charge in [0.05, 0.1) is 7.11 Å². The van der Waals surface area contributed by atoms with Crippen LogP contribution < -0.4 is 9.64 Å². The first-order chi connectivity index (χ1) is 12.5. The smallest absolute Gasteiger partial charge is 0.254 e. The molecule has 2 aromatic carbocycles. The molecule has 2 amide bonds. The summed E-state index contributed by atoms with van der Waals surface area (Å²) in [5.74, 6) is 0.423. The molecule has 0 spiro atoms. The summed E-state index contributed by atoms with van der Waals surface area (Å²) in [6, 6.07) is 14.6. The second kappa shape index (κ2) is 7.60. The van der Waals surface area contributed by atoms with Gasteiger partial charge in [-0.3, -0.25) is 9.59 Å². The molecule has 0 N–H and O–H groups in total. The lowest BCUT2D eigenvalue weighted by Crippen LogP contribution is -2.57. The van der Waals surface area contributed by atoms with Crippen molar-refractivity contribution in [2.24, 2.45) is 0 Å². The Morgan fingerprint density at radius 1 is 1.15 bits per heavy atom. The number of carbonyl (C=O) groups excluding carboxylic acids is 2. The fraction of sp³-hybridized carbons (Fsp3) is 0.333. The number of nitrogens with zero attached hydrogens (tertiary/aromatic N) is 2. The Balaban J connectivity index is 1.77. The SMILES string of the molecule is CCc1ccc(N2CCN(C(=O)c3cccc(OC)c3)[C@H](C)C2=O)cc1. The van der Waals surface area contributed by atoms with E-state index in [4.69, 9.17) is 4.74 Å². The average molecular weight is 352 g/mol. The number of benzene rings is 2. The summed E-state index contributed by atoms with van der Waals surface area (Å²) in [4.78, 5) is 29.1. The summed E-state index contributed by atoms with van der Waals surface area (Å²) in [6.07, 6.45) is 0.966. The number of methoxy groups -OCH3 is 1. The average Bonchev–Trinajstić information content (AvgIpc) is 2.69. The number of carbonyl (C=O) groups is 2. The number of aryl methyl sites for hydroxylation is 1. The summed E-state index contributed by atoms with van der Waals surface area (Å²) >= 11 is 0. The summed E-state index contributed by atoms with van der Waals surface area (Å²) in [5, 5.41) is 0. The van der Waals surface area contributed by atoms with Gasteiger partial charge in [0.2, 0.25) is 5.91 Å². The largest absolute Gasteiger partial charge is 0.497 e. The molecule has 1 fully saturated rings. The first-order valence-corrected chi connectivity index (χ1v) is 8.90. The van der Waals surface area contributed by atoms with Gasteiger partial charge < -0.3 is 14.5 Å². The lowest BCUT2D eigenvalue weighted by Gasteiger charge is -2.39. The predicted octanol–water partition coefficient (Wildman–Crippen LogP) is 3.14. The van der Waals surface area contributed by atoms with Crippen LogP contribution in [0.25, 0.3) is 0 Å². The van der Waals surface area contributed by atoms with Crippen molar-refractivity contribution in [2.45, 2.75) is 26.3 Å². The molecule has 5 nitrogen and oxygen atoms in total. The highest BCUT2D eigenvalue weighted by molar-refractivity contribution is 6.03. The minimum atomic E-state index is -0.506. The normalized spacial score (nSPS) is 17.3. The molecule has 0 unspecified atom stereocenters. The molecule has 26 heavy (non-hydrogen) atoms. The standard InChI is InChI=1S/C21H24N2O3/c1-4-16-8-10-18(11-9-16)23-13-12-22(15(2)20(23)24)21(25)17-6-5-7-19(14-17)26-3/h5-11,14-15H,4,12-13H2,1-3H3/t15-/m1/s1. The third-order valence-electron chi connectivity index (χ3n) is 4.89. The Labute approximate surface area is 154 Å². The number of rotatable bonds is 4. The van der Waals surface area contributed by atoms with Gasteiger partial charge in [0, 0.05) is 24.3 Å². The maximum absolute atomic E-state index is 12.9. The van der Waals surface area contributed by atoms with Crippen LogP contribution in [0.5, 0.6) is 5.75 Å². The second-order valence-corrected chi connectivity index (χ2v) is 6.42. The molecular weight excluding hydrogens is 328 g/mol. The quantitative estimate of drug-likeness (QED) is 0.849. The number of hydrogen-bond donors (Lipinski definition) is 0. The van der Waals surface area contributed by atoms with Crippen LogP contribution in [0.15, 0.2) is 48.5 Å². The molecule has 1 aliphatic heterocycles. The van der Waals surface area contributed by atoms with Gasteiger partial charge in [-0.2, -0.15) is 0 Å². The highest BCUT2D eigenvalue weighted by atomic mass is 16.5. The molecule has 0 aromatic heterocycles. The van der Waals surface area contributed by atoms with Gasteiger partial charge in [-0.1, -0.05) is 25.1 Å². The van der Waals surface area contributed by atoms with Gasteiger partial charge in [-0.25, -0.2) is 0 Å². The number of anilines is 1. The maximum Gasteiger partial charge on any atom is 0.254 e. The van der Waals surface area contributed by atoms with Gasteiger partial charge in [0.15, 0.2) is 0 Å². The predicted molar refractivity (Wildman–Crippen MR) is 102 cm³/mol. The molecule has 0 aliphatic carbocycles. The number of ether oxygens (including phenoxy) is 1. The molecular formula is C21H24N2O3. The van der Waals surface area contributed by atoms with Crippen molar-refractivity contribution in [2.75, 3.05) is 25.1 Å². The molecule has 1 saturated heterocycles. The van der Waals surface area contributed by atoms with Crippen LogP contribution in [0, 0.1) is 0 Å². The molecule has 0 saturated carbocycles. The van der Waals surface area contributed by atoms with Gasteiger partial charge in [-0.05, 0) is 49.2 Å². The van der Waals surface area contributed by atoms with Crippen LogP contribution >= 0.6 is 0 Å². The molecule has 1 heterocycles. The van der Waals surface area contributed by atoms with Gasteiger partial charge in [0.25, 0.3) is 5.91 Å². The van der Waals surface area contributed by atoms with E-state index in [-0.39, 0.29) is 11.8 Å². The van der Waals surface area contributed by atoms with Crippen LogP contribution in [0.3, 0.4) is 0 Å². The van der Waals surface area contributed by atoms with Gasteiger partial charge >= 0.3 is 0 Å². The zero-order valence-corrected chi connectivity index (χ0v) is 15.4. The minimum Gasteiger partial charge on any atom is -0.497 e. The second-order valence-electron chi connectivity index (χ2n) is 6.42. The fourth-order valence-corrected chi connectivity index (χ4v) is 3.24. The molecule has 1 aliphatic rings. The third-order valence-corrected chi connectivity index (χ3v) is 4.89. The zero-order chi connectivity index (χ0) is 18.7. The van der Waals surface area contributed by atoms with Gasteiger partial charge in [0.1, 0.15) is 11.8 Å². The molecule has 1 atom stereocenters. The fourth-order valence-electron chi connectivity index (χ4n) is 3.24. The lowest BCUT2D eigenvalue weighted by molar-refractivity contribution is -0.124. The number of amides is 2. The van der Waals surface area contributed by atoms with Crippen molar-refractivity contribution in [3.63, 3.8) is 0 Å². The maximum atomic E-state index is 12.9. The summed E-state index contributed by atoms with van der Waals surface area (Å²) in [6.45, 7) is 4.88. The number of piperazine rings is 1. The molecule has 0 bridgehead atoms. The monoisotopic (exact) mass is 352 g/mol. The molecule has 2 aromatic rings. The van der Waals surface area contributed by atoms with E-state index in [0.29, 0.717) is 24.4 Å². The van der Waals surface area contributed by atoms with Crippen molar-refractivity contribution in [1.82, 2.24) is 4.90 Å². The zero-order valence-electron chi connectivity index (χ0n) is 15.4. The van der Waals surface area contributed by atoms with E-state index in [1.54, 1.807) is 48.1 Å². The van der Waals surface area contributed by atoms with E-state index >= 15 is 0 Å². The minimum absolute atomic E-state index is 0.0586. The van der Waals surface area contributed by atoms with Crippen molar-refractivity contribution in [3.8, 4) is 5.75 Å². The van der Waals surface area contributed by atoms with Crippen LogP contribution in [-0.2, 0) is 11.2 Å². The van der Waals surface area contributed by atoms with E-state index in [2.05, 4.69) is 6.92 Å². The first kappa shape index (κ1) is 18.0. The van der Waals surface area contributed by atoms with Crippen LogP contribution in [0.4, 0.5) is 5.69 Å². The van der Waals surface area contributed by atoms with Gasteiger partial charge in [-0.15, -0.1) is 0 Å². The van der Waals surface area contributed by atoms with E-state index in [1.807, 2.05) is 24.3 Å². The Bertz CT molecular complexity index is 801. The Morgan fingerprint density at radius 2 is 1.88 bits per heavy atom. The molecule has 0 radical (unpaired) electrons. The van der Waals surface area contributed by atoms with Crippen LogP contribution in [-0.4, -0.2) is 43.0 Å². The lowest BCUT2D eigenvalue weighted by atomic mass is 10.1. The topological polar surface area (TPSA) is 49.9 Å². The van der Waals surface area contributed by atoms with E-state index < -0.39 is 6.04 Å². The Kier molecular flexibility index (Phi) is 5.26. The number of hydrogen-bond acceptors (Lipinski definition) is 3. The highest BCUT2D eigenvalue weighted by Gasteiger charge is 2.35. The molecule has 136 valence electrons. The third kappa shape index (κ3) is 3.43. The van der Waals surface area contributed by atoms with Crippen LogP contribution in [0.1, 0.15) is 29.8 Å². The van der Waals surface area contributed by atoms with Crippen molar-refractivity contribution in [1.29, 1.82) is 0 Å². The van der Waals surface area contributed by atoms with Crippen molar-refractivity contribution >= 4 is 17.5 Å². The van der Waals surface area contributed by atoms with E-state index in [9.17, 15) is 9.59 Å². The van der Waals surface area contributed by atoms with Crippen molar-refractivity contribution < 1.29 is 14.3 Å². The Hall–Kier alpha value is -2.82. The Morgan fingerprint density at radius 3 is 2.54 bits per heavy atom. The van der Waals surface area contributed by atoms with Crippen LogP contribution in [0.2, 0.25) is 0 Å². The van der Waals surface area contributed by atoms with E-state index in [0.717, 1.165) is 12.1 Å². The van der Waals surface area contributed by atoms with E-state index in [1.165, 1.54) is 5.56 Å². The van der Waals surface area contributed by atoms with Crippen molar-refractivity contribution in [3.05, 3.63) is 59.7 Å². The summed E-state index contributed by atoms with van der Waals surface area (Å²) in [7, 11) is 1.57. The molecule has 3 rings (SSSR count).